The standard InChI is InChI=1S/C12H23N3O/c1-15-10-4-5-11(15)8-9(7-10)14-6-2-3-12(13)16/h9-11,14H,2-8H2,1H3,(H2,13,16). The van der Waals surface area contributed by atoms with Gasteiger partial charge in [-0.3, -0.25) is 4.79 Å². The van der Waals surface area contributed by atoms with Crippen LogP contribution in [0.2, 0.25) is 0 Å². The summed E-state index contributed by atoms with van der Waals surface area (Å²) in [7, 11) is 2.26. The van der Waals surface area contributed by atoms with Gasteiger partial charge < -0.3 is 16.0 Å². The molecule has 4 heteroatoms. The number of hydrogen-bond acceptors (Lipinski definition) is 3. The summed E-state index contributed by atoms with van der Waals surface area (Å²) in [4.78, 5) is 13.1. The summed E-state index contributed by atoms with van der Waals surface area (Å²) in [5.74, 6) is -0.190. The van der Waals surface area contributed by atoms with Crippen LogP contribution in [-0.4, -0.2) is 42.5 Å². The zero-order valence-corrected chi connectivity index (χ0v) is 10.1. The summed E-state index contributed by atoms with van der Waals surface area (Å²) >= 11 is 0. The molecule has 2 saturated heterocycles. The van der Waals surface area contributed by atoms with Crippen LogP contribution >= 0.6 is 0 Å². The van der Waals surface area contributed by atoms with Crippen LogP contribution in [0.5, 0.6) is 0 Å². The summed E-state index contributed by atoms with van der Waals surface area (Å²) in [6.07, 6.45) is 6.64. The second-order valence-electron chi connectivity index (χ2n) is 5.24. The molecule has 2 fully saturated rings. The second kappa shape index (κ2) is 5.15. The zero-order chi connectivity index (χ0) is 11.5. The highest BCUT2D eigenvalue weighted by molar-refractivity contribution is 5.73. The summed E-state index contributed by atoms with van der Waals surface area (Å²) in [6, 6.07) is 2.22. The van der Waals surface area contributed by atoms with Gasteiger partial charge in [0, 0.05) is 24.5 Å². The quantitative estimate of drug-likeness (QED) is 0.669. The van der Waals surface area contributed by atoms with E-state index >= 15 is 0 Å². The van der Waals surface area contributed by atoms with Gasteiger partial charge in [-0.2, -0.15) is 0 Å². The van der Waals surface area contributed by atoms with E-state index in [0.29, 0.717) is 12.5 Å². The molecule has 0 saturated carbocycles. The van der Waals surface area contributed by atoms with Crippen LogP contribution in [0.15, 0.2) is 0 Å². The van der Waals surface area contributed by atoms with E-state index in [1.54, 1.807) is 0 Å². The SMILES string of the molecule is CN1C2CCC1CC(NCCCC(N)=O)C2. The summed E-state index contributed by atoms with van der Waals surface area (Å²) in [5, 5.41) is 3.56. The molecule has 2 atom stereocenters. The lowest BCUT2D eigenvalue weighted by Crippen LogP contribution is -2.47. The molecule has 1 amide bonds. The molecular weight excluding hydrogens is 202 g/mol. The molecule has 92 valence electrons. The van der Waals surface area contributed by atoms with Gasteiger partial charge in [0.2, 0.25) is 5.91 Å². The molecule has 0 aromatic carbocycles. The molecule has 16 heavy (non-hydrogen) atoms. The molecule has 2 unspecified atom stereocenters. The van der Waals surface area contributed by atoms with Crippen molar-refractivity contribution in [2.24, 2.45) is 5.73 Å². The van der Waals surface area contributed by atoms with Gasteiger partial charge in [-0.25, -0.2) is 0 Å². The minimum atomic E-state index is -0.190. The summed E-state index contributed by atoms with van der Waals surface area (Å²) in [6.45, 7) is 0.927. The van der Waals surface area contributed by atoms with Crippen LogP contribution in [0.1, 0.15) is 38.5 Å². The van der Waals surface area contributed by atoms with E-state index in [2.05, 4.69) is 17.3 Å². The number of piperidine rings is 1. The van der Waals surface area contributed by atoms with Crippen molar-refractivity contribution < 1.29 is 4.79 Å². The highest BCUT2D eigenvalue weighted by Crippen LogP contribution is 2.34. The van der Waals surface area contributed by atoms with E-state index in [4.69, 9.17) is 5.73 Å². The molecule has 0 aromatic rings. The molecular formula is C12H23N3O. The topological polar surface area (TPSA) is 58.4 Å². The molecule has 0 aromatic heterocycles. The Morgan fingerprint density at radius 1 is 1.38 bits per heavy atom. The first-order valence-corrected chi connectivity index (χ1v) is 6.40. The van der Waals surface area contributed by atoms with Crippen LogP contribution in [-0.2, 0) is 4.79 Å². The van der Waals surface area contributed by atoms with Gasteiger partial charge >= 0.3 is 0 Å². The average Bonchev–Trinajstić information content (AvgIpc) is 2.50. The highest BCUT2D eigenvalue weighted by atomic mass is 16.1. The number of nitrogens with two attached hydrogens (primary N) is 1. The van der Waals surface area contributed by atoms with E-state index in [1.807, 2.05) is 0 Å². The van der Waals surface area contributed by atoms with Crippen molar-refractivity contribution in [3.63, 3.8) is 0 Å². The Kier molecular flexibility index (Phi) is 3.82. The van der Waals surface area contributed by atoms with Crippen molar-refractivity contribution in [1.29, 1.82) is 0 Å². The van der Waals surface area contributed by atoms with Gasteiger partial charge in [0.1, 0.15) is 0 Å². The first-order chi connectivity index (χ1) is 7.66. The Morgan fingerprint density at radius 3 is 2.56 bits per heavy atom. The minimum absolute atomic E-state index is 0.190. The van der Waals surface area contributed by atoms with Crippen LogP contribution in [0.3, 0.4) is 0 Å². The maximum absolute atomic E-state index is 10.6. The third-order valence-corrected chi connectivity index (χ3v) is 4.13. The molecule has 2 bridgehead atoms. The largest absolute Gasteiger partial charge is 0.370 e. The normalized spacial score (nSPS) is 34.2. The predicted molar refractivity (Wildman–Crippen MR) is 64.0 cm³/mol. The average molecular weight is 225 g/mol. The highest BCUT2D eigenvalue weighted by Gasteiger charge is 2.37. The van der Waals surface area contributed by atoms with Crippen LogP contribution in [0, 0.1) is 0 Å². The van der Waals surface area contributed by atoms with Crippen molar-refractivity contribution >= 4 is 5.91 Å². The zero-order valence-electron chi connectivity index (χ0n) is 10.1. The molecule has 4 nitrogen and oxygen atoms in total. The maximum Gasteiger partial charge on any atom is 0.217 e. The first kappa shape index (κ1) is 11.9. The number of hydrogen-bond donors (Lipinski definition) is 2. The molecule has 0 radical (unpaired) electrons. The monoisotopic (exact) mass is 225 g/mol. The molecule has 0 spiro atoms. The fourth-order valence-corrected chi connectivity index (χ4v) is 3.15. The van der Waals surface area contributed by atoms with Gasteiger partial charge in [-0.15, -0.1) is 0 Å². The Bertz CT molecular complexity index is 243. The van der Waals surface area contributed by atoms with Gasteiger partial charge in [0.15, 0.2) is 0 Å². The van der Waals surface area contributed by atoms with E-state index < -0.39 is 0 Å². The number of amides is 1. The lowest BCUT2D eigenvalue weighted by molar-refractivity contribution is -0.118. The third-order valence-electron chi connectivity index (χ3n) is 4.13. The van der Waals surface area contributed by atoms with Gasteiger partial charge in [0.25, 0.3) is 0 Å². The van der Waals surface area contributed by atoms with Crippen molar-refractivity contribution in [3.05, 3.63) is 0 Å². The third kappa shape index (κ3) is 2.74. The number of fused-ring (bicyclic) bond motifs is 2. The van der Waals surface area contributed by atoms with Crippen LogP contribution in [0.25, 0.3) is 0 Å². The Balaban J connectivity index is 1.66. The van der Waals surface area contributed by atoms with Gasteiger partial charge in [0.05, 0.1) is 0 Å². The number of nitrogens with zero attached hydrogens (tertiary/aromatic N) is 1. The smallest absolute Gasteiger partial charge is 0.217 e. The Labute approximate surface area is 97.6 Å². The molecule has 0 aliphatic carbocycles. The minimum Gasteiger partial charge on any atom is -0.370 e. The van der Waals surface area contributed by atoms with Crippen molar-refractivity contribution in [3.8, 4) is 0 Å². The first-order valence-electron chi connectivity index (χ1n) is 6.40. The Hall–Kier alpha value is -0.610. The number of carbonyl (C=O) groups is 1. The summed E-state index contributed by atoms with van der Waals surface area (Å²) < 4.78 is 0. The van der Waals surface area contributed by atoms with Crippen LogP contribution in [0.4, 0.5) is 0 Å². The molecule has 3 N–H and O–H groups in total. The van der Waals surface area contributed by atoms with Crippen LogP contribution < -0.4 is 11.1 Å². The van der Waals surface area contributed by atoms with E-state index in [-0.39, 0.29) is 5.91 Å². The fourth-order valence-electron chi connectivity index (χ4n) is 3.15. The Morgan fingerprint density at radius 2 is 2.00 bits per heavy atom. The molecule has 2 rings (SSSR count). The number of carbonyl (C=O) groups excluding carboxylic acids is 1. The second-order valence-corrected chi connectivity index (χ2v) is 5.24. The molecule has 2 heterocycles. The van der Waals surface area contributed by atoms with Crippen molar-refractivity contribution in [2.75, 3.05) is 13.6 Å². The lowest BCUT2D eigenvalue weighted by atomic mass is 9.98. The van der Waals surface area contributed by atoms with Gasteiger partial charge in [-0.05, 0) is 45.7 Å². The van der Waals surface area contributed by atoms with Crippen molar-refractivity contribution in [1.82, 2.24) is 10.2 Å². The predicted octanol–water partition coefficient (Wildman–Crippen LogP) is 0.467. The lowest BCUT2D eigenvalue weighted by Gasteiger charge is -2.36. The number of primary amides is 1. The molecule has 2 aliphatic rings. The maximum atomic E-state index is 10.6. The van der Waals surface area contributed by atoms with E-state index in [0.717, 1.165) is 25.0 Å². The number of rotatable bonds is 5. The fraction of sp³-hybridized carbons (Fsp3) is 0.917. The number of nitrogens with one attached hydrogen (secondary N) is 1. The molecule has 2 aliphatic heterocycles. The van der Waals surface area contributed by atoms with Crippen molar-refractivity contribution in [2.45, 2.75) is 56.7 Å². The van der Waals surface area contributed by atoms with E-state index in [1.165, 1.54) is 25.7 Å². The summed E-state index contributed by atoms with van der Waals surface area (Å²) in [5.41, 5.74) is 5.11. The van der Waals surface area contributed by atoms with E-state index in [9.17, 15) is 4.79 Å². The van der Waals surface area contributed by atoms with Gasteiger partial charge in [-0.1, -0.05) is 0 Å².